The van der Waals surface area contributed by atoms with Crippen molar-refractivity contribution in [3.63, 3.8) is 0 Å². The fourth-order valence-corrected chi connectivity index (χ4v) is 2.68. The first-order valence-corrected chi connectivity index (χ1v) is 7.66. The third-order valence-electron chi connectivity index (χ3n) is 4.29. The molecule has 0 aromatic carbocycles. The lowest BCUT2D eigenvalue weighted by molar-refractivity contribution is -0.138. The summed E-state index contributed by atoms with van der Waals surface area (Å²) in [7, 11) is 0. The van der Waals surface area contributed by atoms with Crippen LogP contribution in [-0.4, -0.2) is 46.9 Å². The van der Waals surface area contributed by atoms with E-state index in [1.807, 2.05) is 13.8 Å². The number of nitrogens with one attached hydrogen (secondary N) is 1. The van der Waals surface area contributed by atoms with Crippen molar-refractivity contribution >= 4 is 17.8 Å². The zero-order valence-corrected chi connectivity index (χ0v) is 12.7. The van der Waals surface area contributed by atoms with E-state index in [4.69, 9.17) is 5.11 Å². The first-order chi connectivity index (χ1) is 9.86. The molecular formula is C15H24N2O4. The molecule has 118 valence electrons. The third kappa shape index (κ3) is 4.44. The minimum atomic E-state index is -0.924. The van der Waals surface area contributed by atoms with Gasteiger partial charge >= 0.3 is 5.97 Å². The molecule has 0 radical (unpaired) electrons. The van der Waals surface area contributed by atoms with E-state index in [0.717, 1.165) is 6.54 Å². The molecule has 0 spiro atoms. The van der Waals surface area contributed by atoms with Gasteiger partial charge in [0, 0.05) is 25.6 Å². The van der Waals surface area contributed by atoms with Gasteiger partial charge in [-0.2, -0.15) is 0 Å². The van der Waals surface area contributed by atoms with Gasteiger partial charge in [0.05, 0.1) is 12.3 Å². The van der Waals surface area contributed by atoms with Gasteiger partial charge in [0.1, 0.15) is 0 Å². The van der Waals surface area contributed by atoms with Gasteiger partial charge in [0.15, 0.2) is 0 Å². The number of nitrogens with zero attached hydrogens (tertiary/aromatic N) is 1. The van der Waals surface area contributed by atoms with Crippen LogP contribution in [0.2, 0.25) is 0 Å². The predicted octanol–water partition coefficient (Wildman–Crippen LogP) is 0.860. The van der Waals surface area contributed by atoms with Crippen LogP contribution in [0, 0.1) is 17.8 Å². The fourth-order valence-electron chi connectivity index (χ4n) is 2.68. The predicted molar refractivity (Wildman–Crippen MR) is 76.4 cm³/mol. The van der Waals surface area contributed by atoms with Gasteiger partial charge in [-0.05, 0) is 24.7 Å². The molecule has 1 saturated heterocycles. The zero-order chi connectivity index (χ0) is 15.6. The van der Waals surface area contributed by atoms with E-state index >= 15 is 0 Å². The molecule has 1 heterocycles. The highest BCUT2D eigenvalue weighted by molar-refractivity contribution is 5.89. The highest BCUT2D eigenvalue weighted by Gasteiger charge is 2.37. The number of hydrogen-bond donors (Lipinski definition) is 2. The van der Waals surface area contributed by atoms with Gasteiger partial charge in [-0.15, -0.1) is 0 Å². The van der Waals surface area contributed by atoms with Crippen molar-refractivity contribution in [3.8, 4) is 0 Å². The molecule has 2 unspecified atom stereocenters. The first-order valence-electron chi connectivity index (χ1n) is 7.66. The number of carboxylic acids is 1. The van der Waals surface area contributed by atoms with E-state index in [1.54, 1.807) is 4.90 Å². The number of hydrogen-bond acceptors (Lipinski definition) is 3. The zero-order valence-electron chi connectivity index (χ0n) is 12.7. The van der Waals surface area contributed by atoms with Gasteiger partial charge in [-0.3, -0.25) is 14.4 Å². The maximum Gasteiger partial charge on any atom is 0.305 e. The minimum Gasteiger partial charge on any atom is -0.481 e. The topological polar surface area (TPSA) is 86.7 Å². The molecule has 2 amide bonds. The van der Waals surface area contributed by atoms with Crippen LogP contribution in [0.1, 0.15) is 39.5 Å². The van der Waals surface area contributed by atoms with E-state index < -0.39 is 5.97 Å². The lowest BCUT2D eigenvalue weighted by Crippen LogP contribution is -2.43. The van der Waals surface area contributed by atoms with Gasteiger partial charge in [-0.25, -0.2) is 0 Å². The molecule has 6 heteroatoms. The molecule has 21 heavy (non-hydrogen) atoms. The molecule has 2 N–H and O–H groups in total. The number of carbonyl (C=O) groups excluding carboxylic acids is 2. The number of likely N-dealkylation sites (tertiary alicyclic amines) is 1. The third-order valence-corrected chi connectivity index (χ3v) is 4.29. The molecule has 0 aromatic heterocycles. The summed E-state index contributed by atoms with van der Waals surface area (Å²) in [4.78, 5) is 36.8. The maximum atomic E-state index is 12.3. The average Bonchev–Trinajstić information content (AvgIpc) is 3.11. The lowest BCUT2D eigenvalue weighted by atomic mass is 9.99. The monoisotopic (exact) mass is 296 g/mol. The number of aliphatic carboxylic acids is 1. The van der Waals surface area contributed by atoms with Crippen LogP contribution in [0.25, 0.3) is 0 Å². The SMILES string of the molecule is CC(C)C(CC(=O)O)NC(=O)C1CC(=O)N(CC2CC2)C1. The average molecular weight is 296 g/mol. The summed E-state index contributed by atoms with van der Waals surface area (Å²) < 4.78 is 0. The van der Waals surface area contributed by atoms with Gasteiger partial charge in [-0.1, -0.05) is 13.8 Å². The fraction of sp³-hybridized carbons (Fsp3) is 0.800. The van der Waals surface area contributed by atoms with Crippen LogP contribution in [-0.2, 0) is 14.4 Å². The molecule has 1 aliphatic carbocycles. The smallest absolute Gasteiger partial charge is 0.305 e. The first kappa shape index (κ1) is 15.8. The Hall–Kier alpha value is -1.59. The van der Waals surface area contributed by atoms with Crippen molar-refractivity contribution < 1.29 is 19.5 Å². The summed E-state index contributed by atoms with van der Waals surface area (Å²) in [6, 6.07) is -0.386. The van der Waals surface area contributed by atoms with Crippen molar-refractivity contribution in [1.29, 1.82) is 0 Å². The second kappa shape index (κ2) is 6.45. The molecule has 1 saturated carbocycles. The van der Waals surface area contributed by atoms with E-state index in [0.29, 0.717) is 12.5 Å². The van der Waals surface area contributed by atoms with Crippen LogP contribution in [0.4, 0.5) is 0 Å². The van der Waals surface area contributed by atoms with Crippen LogP contribution in [0.3, 0.4) is 0 Å². The second-order valence-electron chi connectivity index (χ2n) is 6.60. The second-order valence-corrected chi connectivity index (χ2v) is 6.60. The van der Waals surface area contributed by atoms with Crippen molar-refractivity contribution in [2.45, 2.75) is 45.6 Å². The summed E-state index contributed by atoms with van der Waals surface area (Å²) in [6.45, 7) is 5.00. The number of amides is 2. The molecule has 2 rings (SSSR count). The largest absolute Gasteiger partial charge is 0.481 e. The Kier molecular flexibility index (Phi) is 4.85. The summed E-state index contributed by atoms with van der Waals surface area (Å²) in [6.07, 6.45) is 2.51. The number of carboxylic acid groups (broad SMARTS) is 1. The van der Waals surface area contributed by atoms with Gasteiger partial charge in [0.25, 0.3) is 0 Å². The Morgan fingerprint density at radius 1 is 1.38 bits per heavy atom. The summed E-state index contributed by atoms with van der Waals surface area (Å²) >= 11 is 0. The molecular weight excluding hydrogens is 272 g/mol. The Bertz CT molecular complexity index is 431. The van der Waals surface area contributed by atoms with Gasteiger partial charge in [0.2, 0.25) is 11.8 Å². The quantitative estimate of drug-likeness (QED) is 0.729. The standard InChI is InChI=1S/C15H24N2O4/c1-9(2)12(6-14(19)20)16-15(21)11-5-13(18)17(8-11)7-10-3-4-10/h9-12H,3-8H2,1-2H3,(H,16,21)(H,19,20). The number of rotatable bonds is 7. The van der Waals surface area contributed by atoms with Crippen molar-refractivity contribution in [1.82, 2.24) is 10.2 Å². The molecule has 0 aromatic rings. The van der Waals surface area contributed by atoms with Gasteiger partial charge < -0.3 is 15.3 Å². The Morgan fingerprint density at radius 3 is 2.57 bits per heavy atom. The molecule has 6 nitrogen and oxygen atoms in total. The Morgan fingerprint density at radius 2 is 2.05 bits per heavy atom. The summed E-state index contributed by atoms with van der Waals surface area (Å²) in [5, 5.41) is 11.7. The summed E-state index contributed by atoms with van der Waals surface area (Å²) in [5.74, 6) is -0.753. The van der Waals surface area contributed by atoms with Crippen LogP contribution in [0.5, 0.6) is 0 Å². The normalized spacial score (nSPS) is 23.5. The van der Waals surface area contributed by atoms with Crippen molar-refractivity contribution in [2.24, 2.45) is 17.8 Å². The highest BCUT2D eigenvalue weighted by Crippen LogP contribution is 2.32. The minimum absolute atomic E-state index is 0.0429. The van der Waals surface area contributed by atoms with E-state index in [2.05, 4.69) is 5.32 Å². The van der Waals surface area contributed by atoms with Crippen LogP contribution in [0.15, 0.2) is 0 Å². The van der Waals surface area contributed by atoms with E-state index in [9.17, 15) is 14.4 Å². The molecule has 0 bridgehead atoms. The highest BCUT2D eigenvalue weighted by atomic mass is 16.4. The van der Waals surface area contributed by atoms with E-state index in [1.165, 1.54) is 12.8 Å². The van der Waals surface area contributed by atoms with Crippen LogP contribution < -0.4 is 5.32 Å². The van der Waals surface area contributed by atoms with Crippen molar-refractivity contribution in [2.75, 3.05) is 13.1 Å². The molecule has 1 aliphatic heterocycles. The number of carbonyl (C=O) groups is 3. The summed E-state index contributed by atoms with van der Waals surface area (Å²) in [5.41, 5.74) is 0. The maximum absolute atomic E-state index is 12.3. The molecule has 2 fully saturated rings. The lowest BCUT2D eigenvalue weighted by Gasteiger charge is -2.22. The molecule has 2 atom stereocenters. The Balaban J connectivity index is 1.87. The Labute approximate surface area is 124 Å². The van der Waals surface area contributed by atoms with Crippen LogP contribution >= 0.6 is 0 Å². The molecule has 2 aliphatic rings. The van der Waals surface area contributed by atoms with E-state index in [-0.39, 0.29) is 42.5 Å². The van der Waals surface area contributed by atoms with Crippen molar-refractivity contribution in [3.05, 3.63) is 0 Å².